The summed E-state index contributed by atoms with van der Waals surface area (Å²) >= 11 is 0. The van der Waals surface area contributed by atoms with Crippen LogP contribution in [0.15, 0.2) is 24.8 Å². The Morgan fingerprint density at radius 3 is 3.12 bits per heavy atom. The van der Waals surface area contributed by atoms with Crippen LogP contribution in [0.4, 0.5) is 5.95 Å². The van der Waals surface area contributed by atoms with Crippen molar-refractivity contribution < 1.29 is 0 Å². The predicted molar refractivity (Wildman–Crippen MR) is 63.0 cm³/mol. The van der Waals surface area contributed by atoms with E-state index in [1.807, 2.05) is 19.2 Å². The Bertz CT molecular complexity index is 625. The molecule has 3 rings (SSSR count). The number of H-pyrrole nitrogens is 1. The molecule has 2 N–H and O–H groups in total. The van der Waals surface area contributed by atoms with E-state index in [0.29, 0.717) is 17.4 Å². The van der Waals surface area contributed by atoms with Crippen molar-refractivity contribution in [3.05, 3.63) is 24.8 Å². The molecule has 0 aliphatic rings. The van der Waals surface area contributed by atoms with E-state index in [1.54, 1.807) is 17.2 Å². The summed E-state index contributed by atoms with van der Waals surface area (Å²) in [6, 6.07) is 1.84. The zero-order valence-electron chi connectivity index (χ0n) is 9.25. The Balaban J connectivity index is 2.23. The zero-order valence-corrected chi connectivity index (χ0v) is 9.25. The van der Waals surface area contributed by atoms with E-state index in [4.69, 9.17) is 0 Å². The summed E-state index contributed by atoms with van der Waals surface area (Å²) < 4.78 is 1.68. The van der Waals surface area contributed by atoms with Crippen LogP contribution in [0.25, 0.3) is 17.0 Å². The highest BCUT2D eigenvalue weighted by Gasteiger charge is 2.11. The van der Waals surface area contributed by atoms with Crippen molar-refractivity contribution in [3.8, 4) is 5.82 Å². The molecule has 0 saturated carbocycles. The van der Waals surface area contributed by atoms with Gasteiger partial charge in [0.2, 0.25) is 5.95 Å². The molecular weight excluding hydrogens is 218 g/mol. The van der Waals surface area contributed by atoms with E-state index in [-0.39, 0.29) is 0 Å². The normalized spacial score (nSPS) is 10.9. The number of rotatable bonds is 3. The lowest BCUT2D eigenvalue weighted by atomic mass is 10.5. The van der Waals surface area contributed by atoms with Crippen LogP contribution in [0, 0.1) is 0 Å². The Labute approximate surface area is 96.9 Å². The smallest absolute Gasteiger partial charge is 0.226 e. The van der Waals surface area contributed by atoms with E-state index in [9.17, 15) is 0 Å². The van der Waals surface area contributed by atoms with Crippen molar-refractivity contribution in [2.24, 2.45) is 0 Å². The quantitative estimate of drug-likeness (QED) is 0.699. The molecule has 0 aliphatic heterocycles. The van der Waals surface area contributed by atoms with E-state index in [1.165, 1.54) is 0 Å². The van der Waals surface area contributed by atoms with Gasteiger partial charge in [0.15, 0.2) is 11.5 Å². The monoisotopic (exact) mass is 229 g/mol. The van der Waals surface area contributed by atoms with Gasteiger partial charge in [0, 0.05) is 18.9 Å². The standard InChI is InChI=1S/C10H11N7/c1-2-11-10-15-8-7(12-6-13-8)9(16-10)17-5-3-4-14-17/h3-6H,2H2,1H3,(H2,11,12,13,15,16). The third kappa shape index (κ3) is 1.61. The summed E-state index contributed by atoms with van der Waals surface area (Å²) in [4.78, 5) is 15.9. The van der Waals surface area contributed by atoms with Crippen molar-refractivity contribution in [2.45, 2.75) is 6.92 Å². The molecule has 0 radical (unpaired) electrons. The van der Waals surface area contributed by atoms with Crippen molar-refractivity contribution in [1.29, 1.82) is 0 Å². The van der Waals surface area contributed by atoms with Crippen LogP contribution in [0.5, 0.6) is 0 Å². The maximum Gasteiger partial charge on any atom is 0.226 e. The van der Waals surface area contributed by atoms with Gasteiger partial charge in [-0.25, -0.2) is 9.67 Å². The second-order valence-corrected chi connectivity index (χ2v) is 3.45. The summed E-state index contributed by atoms with van der Waals surface area (Å²) in [7, 11) is 0. The first-order valence-corrected chi connectivity index (χ1v) is 5.33. The first-order chi connectivity index (χ1) is 8.38. The maximum atomic E-state index is 4.41. The highest BCUT2D eigenvalue weighted by molar-refractivity contribution is 5.79. The molecular formula is C10H11N7. The number of fused-ring (bicyclic) bond motifs is 1. The van der Waals surface area contributed by atoms with E-state index >= 15 is 0 Å². The average molecular weight is 229 g/mol. The molecule has 0 amide bonds. The van der Waals surface area contributed by atoms with Crippen LogP contribution in [0.3, 0.4) is 0 Å². The van der Waals surface area contributed by atoms with Crippen LogP contribution in [-0.4, -0.2) is 36.3 Å². The number of hydrogen-bond acceptors (Lipinski definition) is 5. The molecule has 0 atom stereocenters. The van der Waals surface area contributed by atoms with Crippen molar-refractivity contribution in [1.82, 2.24) is 29.7 Å². The molecule has 0 bridgehead atoms. The number of hydrogen-bond donors (Lipinski definition) is 2. The number of imidazole rings is 1. The van der Waals surface area contributed by atoms with Crippen LogP contribution < -0.4 is 5.32 Å². The van der Waals surface area contributed by atoms with Gasteiger partial charge in [-0.15, -0.1) is 0 Å². The molecule has 7 nitrogen and oxygen atoms in total. The molecule has 17 heavy (non-hydrogen) atoms. The van der Waals surface area contributed by atoms with Crippen molar-refractivity contribution in [3.63, 3.8) is 0 Å². The summed E-state index contributed by atoms with van der Waals surface area (Å²) in [5.41, 5.74) is 1.40. The fourth-order valence-electron chi connectivity index (χ4n) is 1.61. The molecule has 0 spiro atoms. The maximum absolute atomic E-state index is 4.41. The molecule has 0 fully saturated rings. The average Bonchev–Trinajstić information content (AvgIpc) is 2.99. The van der Waals surface area contributed by atoms with Crippen molar-refractivity contribution >= 4 is 17.1 Å². The van der Waals surface area contributed by atoms with Gasteiger partial charge < -0.3 is 10.3 Å². The summed E-state index contributed by atoms with van der Waals surface area (Å²) in [5.74, 6) is 1.24. The van der Waals surface area contributed by atoms with Gasteiger partial charge in [0.1, 0.15) is 5.52 Å². The number of nitrogens with one attached hydrogen (secondary N) is 2. The Morgan fingerprint density at radius 2 is 2.35 bits per heavy atom. The molecule has 0 unspecified atom stereocenters. The molecule has 3 aromatic rings. The Morgan fingerprint density at radius 1 is 1.41 bits per heavy atom. The number of aromatic nitrogens is 6. The Kier molecular flexibility index (Phi) is 2.21. The van der Waals surface area contributed by atoms with Crippen molar-refractivity contribution in [2.75, 3.05) is 11.9 Å². The molecule has 7 heteroatoms. The minimum Gasteiger partial charge on any atom is -0.354 e. The lowest BCUT2D eigenvalue weighted by Gasteiger charge is -2.05. The first-order valence-electron chi connectivity index (χ1n) is 5.33. The fraction of sp³-hybridized carbons (Fsp3) is 0.200. The van der Waals surface area contributed by atoms with Gasteiger partial charge in [-0.1, -0.05) is 0 Å². The molecule has 0 aliphatic carbocycles. The molecule has 0 saturated heterocycles. The van der Waals surface area contributed by atoms with E-state index in [2.05, 4.69) is 30.4 Å². The van der Waals surface area contributed by atoms with E-state index < -0.39 is 0 Å². The largest absolute Gasteiger partial charge is 0.354 e. The highest BCUT2D eigenvalue weighted by Crippen LogP contribution is 2.16. The SMILES string of the molecule is CCNc1nc(-n2cccn2)c2[nH]cnc2n1. The molecule has 86 valence electrons. The van der Waals surface area contributed by atoms with Crippen LogP contribution >= 0.6 is 0 Å². The third-order valence-corrected chi connectivity index (χ3v) is 2.32. The van der Waals surface area contributed by atoms with Gasteiger partial charge >= 0.3 is 0 Å². The van der Waals surface area contributed by atoms with Gasteiger partial charge in [-0.3, -0.25) is 0 Å². The minimum absolute atomic E-state index is 0.553. The number of nitrogens with zero attached hydrogens (tertiary/aromatic N) is 5. The molecule has 3 aromatic heterocycles. The minimum atomic E-state index is 0.553. The summed E-state index contributed by atoms with van der Waals surface area (Å²) in [5, 5.41) is 7.24. The fourth-order valence-corrected chi connectivity index (χ4v) is 1.61. The van der Waals surface area contributed by atoms with Crippen LogP contribution in [-0.2, 0) is 0 Å². The van der Waals surface area contributed by atoms with Gasteiger partial charge in [0.25, 0.3) is 0 Å². The lowest BCUT2D eigenvalue weighted by molar-refractivity contribution is 0.848. The lowest BCUT2D eigenvalue weighted by Crippen LogP contribution is -2.07. The second kappa shape index (κ2) is 3.85. The van der Waals surface area contributed by atoms with E-state index in [0.717, 1.165) is 12.1 Å². The predicted octanol–water partition coefficient (Wildman–Crippen LogP) is 0.970. The summed E-state index contributed by atoms with van der Waals surface area (Å²) in [6.45, 7) is 2.75. The number of aromatic amines is 1. The molecule has 3 heterocycles. The topological polar surface area (TPSA) is 84.3 Å². The first kappa shape index (κ1) is 9.76. The molecule has 0 aromatic carbocycles. The number of anilines is 1. The Hall–Kier alpha value is -2.44. The second-order valence-electron chi connectivity index (χ2n) is 3.45. The van der Waals surface area contributed by atoms with Gasteiger partial charge in [0.05, 0.1) is 6.33 Å². The summed E-state index contributed by atoms with van der Waals surface area (Å²) in [6.07, 6.45) is 5.14. The van der Waals surface area contributed by atoms with Crippen LogP contribution in [0.1, 0.15) is 6.92 Å². The van der Waals surface area contributed by atoms with Gasteiger partial charge in [-0.05, 0) is 13.0 Å². The zero-order chi connectivity index (χ0) is 11.7. The third-order valence-electron chi connectivity index (χ3n) is 2.32. The van der Waals surface area contributed by atoms with Crippen LogP contribution in [0.2, 0.25) is 0 Å². The highest BCUT2D eigenvalue weighted by atomic mass is 15.3. The van der Waals surface area contributed by atoms with Gasteiger partial charge in [-0.2, -0.15) is 15.1 Å².